The predicted molar refractivity (Wildman–Crippen MR) is 112 cm³/mol. The van der Waals surface area contributed by atoms with Gasteiger partial charge in [0.1, 0.15) is 5.75 Å². The van der Waals surface area contributed by atoms with Crippen LogP contribution in [-0.2, 0) is 27.5 Å². The van der Waals surface area contributed by atoms with Crippen molar-refractivity contribution in [3.63, 3.8) is 0 Å². The van der Waals surface area contributed by atoms with Crippen LogP contribution < -0.4 is 14.8 Å². The fourth-order valence-corrected chi connectivity index (χ4v) is 3.73. The Hall–Kier alpha value is -3.53. The van der Waals surface area contributed by atoms with Crippen molar-refractivity contribution >= 4 is 21.6 Å². The summed E-state index contributed by atoms with van der Waals surface area (Å²) in [6.07, 6.45) is -4.59. The van der Waals surface area contributed by atoms with Crippen LogP contribution in [0.3, 0.4) is 0 Å². The Labute approximate surface area is 183 Å². The van der Waals surface area contributed by atoms with E-state index < -0.39 is 21.8 Å². The number of rotatable bonds is 8. The first-order chi connectivity index (χ1) is 15.1. The fourth-order valence-electron chi connectivity index (χ4n) is 2.68. The molecule has 3 aromatic carbocycles. The summed E-state index contributed by atoms with van der Waals surface area (Å²) in [5.74, 6) is -0.0883. The Bertz CT molecular complexity index is 1170. The summed E-state index contributed by atoms with van der Waals surface area (Å²) < 4.78 is 70.8. The van der Waals surface area contributed by atoms with Crippen molar-refractivity contribution in [1.82, 2.24) is 5.32 Å². The van der Waals surface area contributed by atoms with Gasteiger partial charge in [0, 0.05) is 12.2 Å². The first-order valence-electron chi connectivity index (χ1n) is 9.37. The molecular formula is C22H19F3N2O4S. The minimum absolute atomic E-state index is 0.171. The summed E-state index contributed by atoms with van der Waals surface area (Å²) in [4.78, 5) is 11.7. The van der Waals surface area contributed by atoms with Gasteiger partial charge in [0.2, 0.25) is 0 Å². The standard InChI is InChI=1S/C22H19F3N2O4S/c23-22(24,25)17-7-4-8-18(13-17)27-32(29,30)20-11-9-19(10-12-20)31-15-21(28)26-14-16-5-2-1-3-6-16/h1-13,27H,14-15H2,(H,26,28). The lowest BCUT2D eigenvalue weighted by Crippen LogP contribution is -2.28. The van der Waals surface area contributed by atoms with Crippen molar-refractivity contribution in [2.45, 2.75) is 17.6 Å². The maximum Gasteiger partial charge on any atom is 0.416 e. The molecule has 0 aliphatic rings. The summed E-state index contributed by atoms with van der Waals surface area (Å²) in [5.41, 5.74) is -0.245. The van der Waals surface area contributed by atoms with Crippen LogP contribution in [-0.4, -0.2) is 20.9 Å². The van der Waals surface area contributed by atoms with E-state index in [0.29, 0.717) is 12.6 Å². The second-order valence-electron chi connectivity index (χ2n) is 6.71. The molecule has 0 aromatic heterocycles. The Balaban J connectivity index is 1.57. The van der Waals surface area contributed by atoms with Gasteiger partial charge >= 0.3 is 6.18 Å². The van der Waals surface area contributed by atoms with Gasteiger partial charge in [-0.25, -0.2) is 8.42 Å². The molecule has 10 heteroatoms. The third kappa shape index (κ3) is 6.48. The predicted octanol–water partition coefficient (Wildman–Crippen LogP) is 4.20. The van der Waals surface area contributed by atoms with Crippen molar-refractivity contribution in [3.05, 3.63) is 90.0 Å². The molecule has 0 unspecified atom stereocenters. The molecule has 168 valence electrons. The number of alkyl halides is 3. The first-order valence-corrected chi connectivity index (χ1v) is 10.9. The van der Waals surface area contributed by atoms with Crippen molar-refractivity contribution in [1.29, 1.82) is 0 Å². The highest BCUT2D eigenvalue weighted by Gasteiger charge is 2.30. The zero-order valence-corrected chi connectivity index (χ0v) is 17.4. The summed E-state index contributed by atoms with van der Waals surface area (Å²) >= 11 is 0. The van der Waals surface area contributed by atoms with Gasteiger partial charge < -0.3 is 10.1 Å². The van der Waals surface area contributed by atoms with E-state index in [2.05, 4.69) is 10.0 Å². The van der Waals surface area contributed by atoms with Crippen LogP contribution in [0, 0.1) is 0 Å². The van der Waals surface area contributed by atoms with Gasteiger partial charge in [-0.3, -0.25) is 9.52 Å². The van der Waals surface area contributed by atoms with E-state index in [9.17, 15) is 26.4 Å². The Morgan fingerprint density at radius 2 is 1.59 bits per heavy atom. The van der Waals surface area contributed by atoms with Gasteiger partial charge in [-0.05, 0) is 48.0 Å². The number of carbonyl (C=O) groups is 1. The molecule has 32 heavy (non-hydrogen) atoms. The van der Waals surface area contributed by atoms with Gasteiger partial charge in [-0.1, -0.05) is 36.4 Å². The number of benzene rings is 3. The molecule has 3 aromatic rings. The summed E-state index contributed by atoms with van der Waals surface area (Å²) in [5, 5.41) is 2.70. The van der Waals surface area contributed by atoms with Gasteiger partial charge in [0.05, 0.1) is 10.5 Å². The van der Waals surface area contributed by atoms with Crippen LogP contribution in [0.1, 0.15) is 11.1 Å². The molecule has 1 amide bonds. The van der Waals surface area contributed by atoms with Crippen molar-refractivity contribution in [3.8, 4) is 5.75 Å². The summed E-state index contributed by atoms with van der Waals surface area (Å²) in [6.45, 7) is 0.0861. The fraction of sp³-hybridized carbons (Fsp3) is 0.136. The van der Waals surface area contributed by atoms with Gasteiger partial charge in [-0.15, -0.1) is 0 Å². The van der Waals surface area contributed by atoms with Gasteiger partial charge in [-0.2, -0.15) is 13.2 Å². The lowest BCUT2D eigenvalue weighted by Gasteiger charge is -2.12. The molecule has 0 fully saturated rings. The number of ether oxygens (including phenoxy) is 1. The lowest BCUT2D eigenvalue weighted by atomic mass is 10.2. The van der Waals surface area contributed by atoms with E-state index in [1.165, 1.54) is 30.3 Å². The largest absolute Gasteiger partial charge is 0.484 e. The highest BCUT2D eigenvalue weighted by Crippen LogP contribution is 2.31. The molecule has 0 saturated heterocycles. The molecule has 0 saturated carbocycles. The SMILES string of the molecule is O=C(COc1ccc(S(=O)(=O)Nc2cccc(C(F)(F)F)c2)cc1)NCc1ccccc1. The third-order valence-electron chi connectivity index (χ3n) is 4.28. The minimum Gasteiger partial charge on any atom is -0.484 e. The van der Waals surface area contributed by atoms with Crippen LogP contribution in [0.15, 0.2) is 83.8 Å². The molecule has 0 radical (unpaired) electrons. The molecule has 0 aliphatic carbocycles. The molecule has 0 heterocycles. The monoisotopic (exact) mass is 464 g/mol. The van der Waals surface area contributed by atoms with E-state index in [1.54, 1.807) is 0 Å². The zero-order chi connectivity index (χ0) is 23.2. The molecule has 2 N–H and O–H groups in total. The van der Waals surface area contributed by atoms with Crippen LogP contribution >= 0.6 is 0 Å². The van der Waals surface area contributed by atoms with E-state index in [-0.39, 0.29) is 28.8 Å². The van der Waals surface area contributed by atoms with Crippen molar-refractivity contribution < 1.29 is 31.1 Å². The van der Waals surface area contributed by atoms with E-state index >= 15 is 0 Å². The number of nitrogens with one attached hydrogen (secondary N) is 2. The first kappa shape index (κ1) is 23.1. The maximum absolute atomic E-state index is 12.8. The average Bonchev–Trinajstić information content (AvgIpc) is 2.76. The van der Waals surface area contributed by atoms with Crippen LogP contribution in [0.2, 0.25) is 0 Å². The molecule has 0 atom stereocenters. The van der Waals surface area contributed by atoms with Gasteiger partial charge in [0.25, 0.3) is 15.9 Å². The number of hydrogen-bond acceptors (Lipinski definition) is 4. The summed E-state index contributed by atoms with van der Waals surface area (Å²) in [7, 11) is -4.12. The second-order valence-corrected chi connectivity index (χ2v) is 8.39. The molecule has 0 spiro atoms. The Kier molecular flexibility index (Phi) is 7.04. The average molecular weight is 464 g/mol. The van der Waals surface area contributed by atoms with E-state index in [4.69, 9.17) is 4.74 Å². The zero-order valence-electron chi connectivity index (χ0n) is 16.6. The number of sulfonamides is 1. The van der Waals surface area contributed by atoms with Crippen LogP contribution in [0.4, 0.5) is 18.9 Å². The molecule has 0 aliphatic heterocycles. The molecule has 6 nitrogen and oxygen atoms in total. The van der Waals surface area contributed by atoms with Crippen LogP contribution in [0.5, 0.6) is 5.75 Å². The normalized spacial score (nSPS) is 11.6. The topological polar surface area (TPSA) is 84.5 Å². The van der Waals surface area contributed by atoms with Gasteiger partial charge in [0.15, 0.2) is 6.61 Å². The van der Waals surface area contributed by atoms with Crippen molar-refractivity contribution in [2.24, 2.45) is 0 Å². The van der Waals surface area contributed by atoms with E-state index in [1.807, 2.05) is 30.3 Å². The highest BCUT2D eigenvalue weighted by molar-refractivity contribution is 7.92. The maximum atomic E-state index is 12.8. The molecule has 0 bridgehead atoms. The highest BCUT2D eigenvalue weighted by atomic mass is 32.2. The van der Waals surface area contributed by atoms with Crippen molar-refractivity contribution in [2.75, 3.05) is 11.3 Å². The van der Waals surface area contributed by atoms with E-state index in [0.717, 1.165) is 17.7 Å². The molecular weight excluding hydrogens is 445 g/mol. The second kappa shape index (κ2) is 9.73. The minimum atomic E-state index is -4.59. The molecule has 3 rings (SSSR count). The summed E-state index contributed by atoms with van der Waals surface area (Å²) in [6, 6.07) is 18.4. The van der Waals surface area contributed by atoms with Crippen LogP contribution in [0.25, 0.3) is 0 Å². The number of amides is 1. The third-order valence-corrected chi connectivity index (χ3v) is 5.68. The Morgan fingerprint density at radius 3 is 2.25 bits per heavy atom. The quantitative estimate of drug-likeness (QED) is 0.523. The number of halogens is 3. The number of hydrogen-bond donors (Lipinski definition) is 2. The Morgan fingerprint density at radius 1 is 0.906 bits per heavy atom. The number of anilines is 1. The smallest absolute Gasteiger partial charge is 0.416 e. The number of carbonyl (C=O) groups excluding carboxylic acids is 1. The lowest BCUT2D eigenvalue weighted by molar-refractivity contribution is -0.137.